The number of carbonyl (C=O) groups is 1. The molecule has 26 heavy (non-hydrogen) atoms. The summed E-state index contributed by atoms with van der Waals surface area (Å²) < 4.78 is 0. The van der Waals surface area contributed by atoms with Gasteiger partial charge in [-0.3, -0.25) is 4.79 Å². The largest absolute Gasteiger partial charge is 0.343 e. The number of aromatic nitrogens is 2. The lowest BCUT2D eigenvalue weighted by atomic mass is 9.97. The SMILES string of the molecule is CCN(CC)C(=O)CSc1nc(-c2cccc(C)c2)nc2c1CCCC2. The minimum atomic E-state index is 0.181. The van der Waals surface area contributed by atoms with Gasteiger partial charge in [0.25, 0.3) is 0 Å². The Morgan fingerprint density at radius 1 is 1.15 bits per heavy atom. The van der Waals surface area contributed by atoms with E-state index in [4.69, 9.17) is 9.97 Å². The third-order valence-corrected chi connectivity index (χ3v) is 5.87. The quantitative estimate of drug-likeness (QED) is 0.563. The first-order valence-electron chi connectivity index (χ1n) is 9.49. The van der Waals surface area contributed by atoms with E-state index in [1.807, 2.05) is 24.8 Å². The minimum Gasteiger partial charge on any atom is -0.343 e. The summed E-state index contributed by atoms with van der Waals surface area (Å²) in [4.78, 5) is 24.0. The van der Waals surface area contributed by atoms with Gasteiger partial charge in [-0.05, 0) is 52.5 Å². The number of hydrogen-bond donors (Lipinski definition) is 0. The van der Waals surface area contributed by atoms with Crippen molar-refractivity contribution in [1.29, 1.82) is 0 Å². The molecule has 0 aliphatic heterocycles. The van der Waals surface area contributed by atoms with Gasteiger partial charge in [0, 0.05) is 29.9 Å². The topological polar surface area (TPSA) is 46.1 Å². The van der Waals surface area contributed by atoms with Gasteiger partial charge in [-0.15, -0.1) is 0 Å². The van der Waals surface area contributed by atoms with E-state index < -0.39 is 0 Å². The van der Waals surface area contributed by atoms with Crippen molar-refractivity contribution in [3.8, 4) is 11.4 Å². The lowest BCUT2D eigenvalue weighted by molar-refractivity contribution is -0.127. The van der Waals surface area contributed by atoms with Crippen LogP contribution in [0.2, 0.25) is 0 Å². The second kappa shape index (κ2) is 8.67. The Labute approximate surface area is 160 Å². The molecule has 1 aromatic carbocycles. The first-order chi connectivity index (χ1) is 12.6. The number of amides is 1. The van der Waals surface area contributed by atoms with Crippen LogP contribution in [0.25, 0.3) is 11.4 Å². The molecule has 3 rings (SSSR count). The molecule has 0 fully saturated rings. The van der Waals surface area contributed by atoms with E-state index >= 15 is 0 Å². The standard InChI is InChI=1S/C21H27N3OS/c1-4-24(5-2)19(25)14-26-21-17-11-6-7-12-18(17)22-20(23-21)16-10-8-9-15(3)13-16/h8-10,13H,4-7,11-12,14H2,1-3H3. The molecule has 2 aromatic rings. The van der Waals surface area contributed by atoms with Crippen LogP contribution in [0.3, 0.4) is 0 Å². The van der Waals surface area contributed by atoms with Gasteiger partial charge in [0.2, 0.25) is 5.91 Å². The van der Waals surface area contributed by atoms with Gasteiger partial charge in [0.1, 0.15) is 5.03 Å². The van der Waals surface area contributed by atoms with Crippen LogP contribution in [-0.2, 0) is 17.6 Å². The zero-order chi connectivity index (χ0) is 18.5. The van der Waals surface area contributed by atoms with Crippen LogP contribution >= 0.6 is 11.8 Å². The fourth-order valence-corrected chi connectivity index (χ4v) is 4.38. The second-order valence-electron chi connectivity index (χ2n) is 6.71. The molecule has 5 heteroatoms. The molecule has 1 aliphatic carbocycles. The molecule has 0 saturated carbocycles. The monoisotopic (exact) mass is 369 g/mol. The normalized spacial score (nSPS) is 13.3. The van der Waals surface area contributed by atoms with E-state index in [1.165, 1.54) is 29.7 Å². The maximum absolute atomic E-state index is 12.4. The molecular weight excluding hydrogens is 342 g/mol. The molecule has 4 nitrogen and oxygen atoms in total. The van der Waals surface area contributed by atoms with Crippen molar-refractivity contribution < 1.29 is 4.79 Å². The zero-order valence-corrected chi connectivity index (χ0v) is 16.7. The summed E-state index contributed by atoms with van der Waals surface area (Å²) in [6, 6.07) is 8.32. The van der Waals surface area contributed by atoms with Gasteiger partial charge in [-0.2, -0.15) is 0 Å². The maximum Gasteiger partial charge on any atom is 0.232 e. The number of rotatable bonds is 6. The lowest BCUT2D eigenvalue weighted by Crippen LogP contribution is -2.32. The summed E-state index contributed by atoms with van der Waals surface area (Å²) in [5, 5.41) is 0.992. The molecule has 0 bridgehead atoms. The molecule has 1 heterocycles. The van der Waals surface area contributed by atoms with E-state index in [0.717, 1.165) is 42.3 Å². The predicted molar refractivity (Wildman–Crippen MR) is 107 cm³/mol. The fraction of sp³-hybridized carbons (Fsp3) is 0.476. The van der Waals surface area contributed by atoms with Gasteiger partial charge < -0.3 is 4.90 Å². The highest BCUT2D eigenvalue weighted by Crippen LogP contribution is 2.31. The Morgan fingerprint density at radius 2 is 1.92 bits per heavy atom. The first-order valence-corrected chi connectivity index (χ1v) is 10.5. The number of benzene rings is 1. The second-order valence-corrected chi connectivity index (χ2v) is 7.67. The molecule has 0 unspecified atom stereocenters. The van der Waals surface area contributed by atoms with Crippen LogP contribution in [0.15, 0.2) is 29.3 Å². The average molecular weight is 370 g/mol. The smallest absolute Gasteiger partial charge is 0.232 e. The van der Waals surface area contributed by atoms with Crippen molar-refractivity contribution in [2.75, 3.05) is 18.8 Å². The van der Waals surface area contributed by atoms with E-state index in [0.29, 0.717) is 5.75 Å². The molecule has 1 aliphatic rings. The van der Waals surface area contributed by atoms with Crippen molar-refractivity contribution >= 4 is 17.7 Å². The van der Waals surface area contributed by atoms with Crippen LogP contribution in [0, 0.1) is 6.92 Å². The molecule has 0 radical (unpaired) electrons. The van der Waals surface area contributed by atoms with E-state index in [2.05, 4.69) is 25.1 Å². The number of thioether (sulfide) groups is 1. The Kier molecular flexibility index (Phi) is 6.30. The van der Waals surface area contributed by atoms with Gasteiger partial charge in [-0.25, -0.2) is 9.97 Å². The number of fused-ring (bicyclic) bond motifs is 1. The number of nitrogens with zero attached hydrogens (tertiary/aromatic N) is 3. The summed E-state index contributed by atoms with van der Waals surface area (Å²) in [6.07, 6.45) is 4.39. The highest BCUT2D eigenvalue weighted by atomic mass is 32.2. The van der Waals surface area contributed by atoms with E-state index in [1.54, 1.807) is 11.8 Å². The van der Waals surface area contributed by atoms with Crippen LogP contribution < -0.4 is 0 Å². The molecular formula is C21H27N3OS. The summed E-state index contributed by atoms with van der Waals surface area (Å²) >= 11 is 1.57. The highest BCUT2D eigenvalue weighted by Gasteiger charge is 2.20. The van der Waals surface area contributed by atoms with Crippen molar-refractivity contribution in [3.63, 3.8) is 0 Å². The number of carbonyl (C=O) groups excluding carboxylic acids is 1. The van der Waals surface area contributed by atoms with Gasteiger partial charge in [0.15, 0.2) is 5.82 Å². The molecule has 1 amide bonds. The highest BCUT2D eigenvalue weighted by molar-refractivity contribution is 7.99. The third-order valence-electron chi connectivity index (χ3n) is 4.87. The van der Waals surface area contributed by atoms with Crippen LogP contribution in [0.5, 0.6) is 0 Å². The van der Waals surface area contributed by atoms with Crippen LogP contribution in [-0.4, -0.2) is 39.6 Å². The van der Waals surface area contributed by atoms with Gasteiger partial charge >= 0.3 is 0 Å². The van der Waals surface area contributed by atoms with Crippen LogP contribution in [0.1, 0.15) is 43.5 Å². The lowest BCUT2D eigenvalue weighted by Gasteiger charge is -2.21. The maximum atomic E-state index is 12.4. The summed E-state index contributed by atoms with van der Waals surface area (Å²) in [7, 11) is 0. The van der Waals surface area contributed by atoms with Crippen LogP contribution in [0.4, 0.5) is 0 Å². The third kappa shape index (κ3) is 4.26. The molecule has 0 N–H and O–H groups in total. The first kappa shape index (κ1) is 18.9. The minimum absolute atomic E-state index is 0.181. The zero-order valence-electron chi connectivity index (χ0n) is 15.9. The van der Waals surface area contributed by atoms with Crippen molar-refractivity contribution in [1.82, 2.24) is 14.9 Å². The molecule has 0 spiro atoms. The Balaban J connectivity index is 1.90. The van der Waals surface area contributed by atoms with Gasteiger partial charge in [-0.1, -0.05) is 35.5 Å². The van der Waals surface area contributed by atoms with Crippen molar-refractivity contribution in [3.05, 3.63) is 41.1 Å². The molecule has 138 valence electrons. The Bertz CT molecular complexity index is 787. The van der Waals surface area contributed by atoms with Gasteiger partial charge in [0.05, 0.1) is 5.75 Å². The number of hydrogen-bond acceptors (Lipinski definition) is 4. The van der Waals surface area contributed by atoms with E-state index in [9.17, 15) is 4.79 Å². The summed E-state index contributed by atoms with van der Waals surface area (Å²) in [6.45, 7) is 7.64. The molecule has 0 atom stereocenters. The summed E-state index contributed by atoms with van der Waals surface area (Å²) in [5.41, 5.74) is 4.68. The number of aryl methyl sites for hydroxylation is 2. The molecule has 1 aromatic heterocycles. The predicted octanol–water partition coefficient (Wildman–Crippen LogP) is 4.29. The van der Waals surface area contributed by atoms with Crippen molar-refractivity contribution in [2.24, 2.45) is 0 Å². The average Bonchev–Trinajstić information content (AvgIpc) is 2.67. The summed E-state index contributed by atoms with van der Waals surface area (Å²) in [5.74, 6) is 1.41. The molecule has 0 saturated heterocycles. The van der Waals surface area contributed by atoms with Crippen molar-refractivity contribution in [2.45, 2.75) is 51.5 Å². The van der Waals surface area contributed by atoms with E-state index in [-0.39, 0.29) is 5.91 Å². The fourth-order valence-electron chi connectivity index (χ4n) is 3.39. The Morgan fingerprint density at radius 3 is 2.65 bits per heavy atom. The Hall–Kier alpha value is -1.88.